The molecule has 100 valence electrons. The Bertz CT molecular complexity index is 396. The van der Waals surface area contributed by atoms with Crippen LogP contribution in [0.4, 0.5) is 0 Å². The minimum absolute atomic E-state index is 0.107. The fourth-order valence-corrected chi connectivity index (χ4v) is 1.28. The Labute approximate surface area is 107 Å². The van der Waals surface area contributed by atoms with Crippen LogP contribution in [0.15, 0.2) is 34.9 Å². The van der Waals surface area contributed by atoms with E-state index in [4.69, 9.17) is 10.2 Å². The zero-order valence-corrected chi connectivity index (χ0v) is 11.1. The van der Waals surface area contributed by atoms with Crippen LogP contribution in [0.25, 0.3) is 0 Å². The first-order valence-electron chi connectivity index (χ1n) is 5.77. The van der Waals surface area contributed by atoms with E-state index in [9.17, 15) is 9.59 Å². The lowest BCUT2D eigenvalue weighted by molar-refractivity contribution is -0.139. The van der Waals surface area contributed by atoms with Gasteiger partial charge >= 0.3 is 11.9 Å². The van der Waals surface area contributed by atoms with Crippen molar-refractivity contribution in [1.82, 2.24) is 0 Å². The van der Waals surface area contributed by atoms with E-state index >= 15 is 0 Å². The van der Waals surface area contributed by atoms with Crippen LogP contribution in [-0.2, 0) is 9.59 Å². The van der Waals surface area contributed by atoms with Crippen LogP contribution in [0.1, 0.15) is 40.0 Å². The Balaban J connectivity index is 4.57. The molecule has 0 atom stereocenters. The number of aliphatic carboxylic acids is 2. The van der Waals surface area contributed by atoms with Crippen molar-refractivity contribution in [3.63, 3.8) is 0 Å². The molecule has 4 heteroatoms. The molecular formula is C14H20O4. The quantitative estimate of drug-likeness (QED) is 0.414. The Morgan fingerprint density at radius 2 is 1.67 bits per heavy atom. The van der Waals surface area contributed by atoms with Gasteiger partial charge in [0.1, 0.15) is 0 Å². The zero-order chi connectivity index (χ0) is 14.1. The highest BCUT2D eigenvalue weighted by molar-refractivity contribution is 5.92. The van der Waals surface area contributed by atoms with Gasteiger partial charge in [-0.2, -0.15) is 0 Å². The summed E-state index contributed by atoms with van der Waals surface area (Å²) in [5, 5.41) is 17.4. The summed E-state index contributed by atoms with van der Waals surface area (Å²) in [5.74, 6) is -2.33. The second kappa shape index (κ2) is 8.28. The van der Waals surface area contributed by atoms with Gasteiger partial charge in [-0.25, -0.2) is 4.79 Å². The van der Waals surface area contributed by atoms with Crippen LogP contribution in [-0.4, -0.2) is 22.2 Å². The molecule has 0 amide bonds. The zero-order valence-electron chi connectivity index (χ0n) is 11.1. The van der Waals surface area contributed by atoms with E-state index in [2.05, 4.69) is 6.08 Å². The molecule has 18 heavy (non-hydrogen) atoms. The summed E-state index contributed by atoms with van der Waals surface area (Å²) >= 11 is 0. The van der Waals surface area contributed by atoms with Crippen LogP contribution < -0.4 is 0 Å². The maximum Gasteiger partial charge on any atom is 0.332 e. The SMILES string of the molecule is CC(C)=CCC/C(C)=C/C=C(\CC(=O)O)C(=O)O. The Hall–Kier alpha value is -1.84. The number of carboxylic acids is 2. The second-order valence-electron chi connectivity index (χ2n) is 4.40. The maximum atomic E-state index is 10.8. The summed E-state index contributed by atoms with van der Waals surface area (Å²) in [6.45, 7) is 5.94. The van der Waals surface area contributed by atoms with Gasteiger partial charge in [0.2, 0.25) is 0 Å². The minimum Gasteiger partial charge on any atom is -0.481 e. The van der Waals surface area contributed by atoms with Crippen LogP contribution in [0.5, 0.6) is 0 Å². The molecule has 0 aliphatic carbocycles. The van der Waals surface area contributed by atoms with E-state index in [-0.39, 0.29) is 5.57 Å². The molecule has 0 radical (unpaired) electrons. The first-order valence-corrected chi connectivity index (χ1v) is 5.77. The number of carboxylic acid groups (broad SMARTS) is 2. The number of allylic oxidation sites excluding steroid dienone is 5. The van der Waals surface area contributed by atoms with E-state index in [0.29, 0.717) is 0 Å². The lowest BCUT2D eigenvalue weighted by Gasteiger charge is -1.99. The molecule has 0 saturated carbocycles. The monoisotopic (exact) mass is 252 g/mol. The molecule has 0 aromatic rings. The molecule has 0 aliphatic rings. The van der Waals surface area contributed by atoms with Crippen molar-refractivity contribution in [2.45, 2.75) is 40.0 Å². The van der Waals surface area contributed by atoms with E-state index in [1.807, 2.05) is 20.8 Å². The Morgan fingerprint density at radius 1 is 1.06 bits per heavy atom. The fraction of sp³-hybridized carbons (Fsp3) is 0.429. The summed E-state index contributed by atoms with van der Waals surface area (Å²) in [6.07, 6.45) is 6.42. The van der Waals surface area contributed by atoms with Gasteiger partial charge in [-0.15, -0.1) is 0 Å². The second-order valence-corrected chi connectivity index (χ2v) is 4.40. The number of carbonyl (C=O) groups is 2. The minimum atomic E-state index is -1.19. The van der Waals surface area contributed by atoms with Gasteiger partial charge in [0.15, 0.2) is 0 Å². The van der Waals surface area contributed by atoms with Gasteiger partial charge in [0.05, 0.1) is 6.42 Å². The molecule has 0 saturated heterocycles. The van der Waals surface area contributed by atoms with Gasteiger partial charge in [0, 0.05) is 5.57 Å². The fourth-order valence-electron chi connectivity index (χ4n) is 1.28. The van der Waals surface area contributed by atoms with Gasteiger partial charge in [-0.05, 0) is 33.6 Å². The normalized spacial score (nSPS) is 12.2. The van der Waals surface area contributed by atoms with Crippen LogP contribution >= 0.6 is 0 Å². The highest BCUT2D eigenvalue weighted by Crippen LogP contribution is 2.09. The summed E-state index contributed by atoms with van der Waals surface area (Å²) in [5.41, 5.74) is 2.16. The number of hydrogen-bond donors (Lipinski definition) is 2. The summed E-state index contributed by atoms with van der Waals surface area (Å²) < 4.78 is 0. The molecule has 0 aliphatic heterocycles. The molecule has 0 aromatic carbocycles. The predicted molar refractivity (Wildman–Crippen MR) is 70.4 cm³/mol. The Kier molecular flexibility index (Phi) is 7.43. The van der Waals surface area contributed by atoms with E-state index in [1.165, 1.54) is 11.6 Å². The summed E-state index contributed by atoms with van der Waals surface area (Å²) in [6, 6.07) is 0. The molecule has 0 fully saturated rings. The average Bonchev–Trinajstić information content (AvgIpc) is 2.22. The molecule has 4 nitrogen and oxygen atoms in total. The molecule has 0 spiro atoms. The topological polar surface area (TPSA) is 74.6 Å². The van der Waals surface area contributed by atoms with Crippen LogP contribution in [0.3, 0.4) is 0 Å². The van der Waals surface area contributed by atoms with Crippen molar-refractivity contribution in [3.8, 4) is 0 Å². The lowest BCUT2D eigenvalue weighted by Crippen LogP contribution is -2.06. The third-order valence-corrected chi connectivity index (χ3v) is 2.28. The standard InChI is InChI=1S/C14H20O4/c1-10(2)5-4-6-11(3)7-8-12(14(17)18)9-13(15)16/h5,7-8H,4,6,9H2,1-3H3,(H,15,16)(H,17,18)/b11-7+,12-8+. The van der Waals surface area contributed by atoms with Crippen LogP contribution in [0, 0.1) is 0 Å². The number of rotatable bonds is 7. The third-order valence-electron chi connectivity index (χ3n) is 2.28. The molecule has 0 bridgehead atoms. The molecule has 0 rings (SSSR count). The predicted octanol–water partition coefficient (Wildman–Crippen LogP) is 3.16. The highest BCUT2D eigenvalue weighted by Gasteiger charge is 2.10. The van der Waals surface area contributed by atoms with E-state index in [0.717, 1.165) is 18.4 Å². The van der Waals surface area contributed by atoms with E-state index in [1.54, 1.807) is 6.08 Å². The smallest absolute Gasteiger partial charge is 0.332 e. The molecule has 0 aromatic heterocycles. The van der Waals surface area contributed by atoms with Crippen molar-refractivity contribution < 1.29 is 19.8 Å². The first-order chi connectivity index (χ1) is 8.32. The van der Waals surface area contributed by atoms with Gasteiger partial charge in [0.25, 0.3) is 0 Å². The van der Waals surface area contributed by atoms with Crippen molar-refractivity contribution in [2.24, 2.45) is 0 Å². The molecule has 2 N–H and O–H groups in total. The van der Waals surface area contributed by atoms with Gasteiger partial charge in [-0.3, -0.25) is 4.79 Å². The maximum absolute atomic E-state index is 10.8. The van der Waals surface area contributed by atoms with Crippen molar-refractivity contribution in [3.05, 3.63) is 34.9 Å². The van der Waals surface area contributed by atoms with Crippen molar-refractivity contribution >= 4 is 11.9 Å². The first kappa shape index (κ1) is 16.2. The third kappa shape index (κ3) is 8.33. The van der Waals surface area contributed by atoms with Crippen molar-refractivity contribution in [1.29, 1.82) is 0 Å². The van der Waals surface area contributed by atoms with Crippen molar-refractivity contribution in [2.75, 3.05) is 0 Å². The van der Waals surface area contributed by atoms with E-state index < -0.39 is 18.4 Å². The largest absolute Gasteiger partial charge is 0.481 e. The molecule has 0 unspecified atom stereocenters. The van der Waals surface area contributed by atoms with Gasteiger partial charge < -0.3 is 10.2 Å². The highest BCUT2D eigenvalue weighted by atomic mass is 16.4. The molecular weight excluding hydrogens is 232 g/mol. The number of hydrogen-bond acceptors (Lipinski definition) is 2. The summed E-state index contributed by atoms with van der Waals surface area (Å²) in [4.78, 5) is 21.3. The molecule has 0 heterocycles. The summed E-state index contributed by atoms with van der Waals surface area (Å²) in [7, 11) is 0. The average molecular weight is 252 g/mol. The van der Waals surface area contributed by atoms with Crippen LogP contribution in [0.2, 0.25) is 0 Å². The Morgan fingerprint density at radius 3 is 2.11 bits per heavy atom. The van der Waals surface area contributed by atoms with Gasteiger partial charge in [-0.1, -0.05) is 29.4 Å². The lowest BCUT2D eigenvalue weighted by atomic mass is 10.1.